The standard InChI is InChI=1S/C32H39N5S/c1-9-14-27(26-16-18-38-21-26)30-23(6)33-32(34-30)31-28(29(12-4)35-36-31)19-22(5)25(11-3)20-24(10-2)15-13-17-37(7)8/h9-12,14,16,18-21,35H,1-2,5,13,15,17H2,3-4,6-8H3,(H,33,34)/b24-20+,25-11+,27-14-,28-19+,29-12+. The van der Waals surface area contributed by atoms with E-state index in [0.29, 0.717) is 5.82 Å². The van der Waals surface area contributed by atoms with Crippen molar-refractivity contribution in [2.24, 2.45) is 0 Å². The summed E-state index contributed by atoms with van der Waals surface area (Å²) in [5.41, 5.74) is 7.92. The van der Waals surface area contributed by atoms with Crippen molar-refractivity contribution in [3.63, 3.8) is 0 Å². The van der Waals surface area contributed by atoms with E-state index >= 15 is 0 Å². The number of nitrogens with one attached hydrogen (secondary N) is 2. The Balaban J connectivity index is 2.03. The van der Waals surface area contributed by atoms with Crippen LogP contribution in [0.1, 0.15) is 43.6 Å². The molecule has 3 heterocycles. The number of hydrogen-bond donors (Lipinski definition) is 2. The molecular formula is C32H39N5S. The quantitative estimate of drug-likeness (QED) is 0.272. The van der Waals surface area contributed by atoms with E-state index in [1.165, 1.54) is 5.57 Å². The number of imidazole rings is 1. The van der Waals surface area contributed by atoms with Crippen molar-refractivity contribution >= 4 is 29.1 Å². The largest absolute Gasteiger partial charge is 0.340 e. The van der Waals surface area contributed by atoms with E-state index in [1.807, 2.05) is 39.0 Å². The highest BCUT2D eigenvalue weighted by molar-refractivity contribution is 7.08. The Morgan fingerprint density at radius 2 is 2.00 bits per heavy atom. The smallest absolute Gasteiger partial charge is 0.159 e. The maximum atomic E-state index is 4.99. The van der Waals surface area contributed by atoms with Crippen LogP contribution < -0.4 is 10.6 Å². The van der Waals surface area contributed by atoms with Gasteiger partial charge < -0.3 is 9.88 Å². The lowest BCUT2D eigenvalue weighted by atomic mass is 10.0. The SMILES string of the molecule is C=C/C=C(/c1ccsc1)c1nc(-c2n[nH]c(=C/C)/c2=C\C(=C)C(/C=C(\C=C)CCCN(C)C)=C/C)[nH]c1C. The molecule has 38 heavy (non-hydrogen) atoms. The Morgan fingerprint density at radius 3 is 2.61 bits per heavy atom. The van der Waals surface area contributed by atoms with Gasteiger partial charge in [0.15, 0.2) is 5.82 Å². The fraction of sp³-hybridized carbons (Fsp3) is 0.250. The van der Waals surface area contributed by atoms with Gasteiger partial charge in [-0.3, -0.25) is 5.10 Å². The van der Waals surface area contributed by atoms with E-state index in [9.17, 15) is 0 Å². The van der Waals surface area contributed by atoms with Gasteiger partial charge in [-0.05, 0) is 99.4 Å². The summed E-state index contributed by atoms with van der Waals surface area (Å²) < 4.78 is 0. The first-order valence-electron chi connectivity index (χ1n) is 12.8. The van der Waals surface area contributed by atoms with Gasteiger partial charge in [-0.25, -0.2) is 4.98 Å². The maximum Gasteiger partial charge on any atom is 0.159 e. The van der Waals surface area contributed by atoms with Gasteiger partial charge in [0.05, 0.1) is 11.0 Å². The van der Waals surface area contributed by atoms with Gasteiger partial charge in [0, 0.05) is 16.5 Å². The second kappa shape index (κ2) is 13.7. The topological polar surface area (TPSA) is 60.6 Å². The molecule has 3 aromatic rings. The highest BCUT2D eigenvalue weighted by Crippen LogP contribution is 2.28. The fourth-order valence-corrected chi connectivity index (χ4v) is 4.90. The fourth-order valence-electron chi connectivity index (χ4n) is 4.24. The second-order valence-corrected chi connectivity index (χ2v) is 10.1. The molecule has 0 aliphatic rings. The third kappa shape index (κ3) is 6.97. The summed E-state index contributed by atoms with van der Waals surface area (Å²) in [5.74, 6) is 0.708. The molecule has 0 unspecified atom stereocenters. The first-order chi connectivity index (χ1) is 18.3. The lowest BCUT2D eigenvalue weighted by molar-refractivity contribution is 0.400. The molecule has 6 heteroatoms. The lowest BCUT2D eigenvalue weighted by Gasteiger charge is -2.10. The van der Waals surface area contributed by atoms with E-state index in [2.05, 4.69) is 89.0 Å². The zero-order valence-electron chi connectivity index (χ0n) is 23.3. The maximum absolute atomic E-state index is 4.99. The summed E-state index contributed by atoms with van der Waals surface area (Å²) in [4.78, 5) is 10.6. The Kier molecular flexibility index (Phi) is 10.4. The van der Waals surface area contributed by atoms with E-state index in [1.54, 1.807) is 17.4 Å². The highest BCUT2D eigenvalue weighted by Gasteiger charge is 2.17. The summed E-state index contributed by atoms with van der Waals surface area (Å²) in [7, 11) is 4.19. The van der Waals surface area contributed by atoms with Crippen molar-refractivity contribution in [1.82, 2.24) is 25.1 Å². The molecule has 0 bridgehead atoms. The van der Waals surface area contributed by atoms with Crippen molar-refractivity contribution in [3.8, 4) is 11.5 Å². The predicted octanol–water partition coefficient (Wildman–Crippen LogP) is 6.33. The molecule has 3 rings (SSSR count). The van der Waals surface area contributed by atoms with Crippen molar-refractivity contribution < 1.29 is 0 Å². The molecule has 0 aliphatic carbocycles. The number of aromatic amines is 2. The highest BCUT2D eigenvalue weighted by atomic mass is 32.1. The van der Waals surface area contributed by atoms with Gasteiger partial charge in [-0.15, -0.1) is 0 Å². The minimum atomic E-state index is 0.708. The van der Waals surface area contributed by atoms with Gasteiger partial charge >= 0.3 is 0 Å². The molecule has 0 fully saturated rings. The van der Waals surface area contributed by atoms with Crippen molar-refractivity contribution in [3.05, 3.63) is 111 Å². The first kappa shape index (κ1) is 28.8. The van der Waals surface area contributed by atoms with Crippen LogP contribution in [0.2, 0.25) is 0 Å². The Labute approximate surface area is 230 Å². The van der Waals surface area contributed by atoms with Gasteiger partial charge in [0.1, 0.15) is 5.69 Å². The van der Waals surface area contributed by atoms with E-state index in [-0.39, 0.29) is 0 Å². The predicted molar refractivity (Wildman–Crippen MR) is 165 cm³/mol. The summed E-state index contributed by atoms with van der Waals surface area (Å²) >= 11 is 1.66. The monoisotopic (exact) mass is 525 g/mol. The van der Waals surface area contributed by atoms with Crippen molar-refractivity contribution in [2.75, 3.05) is 20.6 Å². The summed E-state index contributed by atoms with van der Waals surface area (Å²) in [6, 6.07) is 2.10. The number of nitrogens with zero attached hydrogens (tertiary/aromatic N) is 3. The molecule has 0 atom stereocenters. The summed E-state index contributed by atoms with van der Waals surface area (Å²) in [6.45, 7) is 19.4. The molecule has 198 valence electrons. The average Bonchev–Trinajstić information content (AvgIpc) is 3.65. The molecule has 0 spiro atoms. The van der Waals surface area contributed by atoms with Crippen LogP contribution in [0, 0.1) is 6.92 Å². The van der Waals surface area contributed by atoms with Crippen LogP contribution in [0.5, 0.6) is 0 Å². The zero-order valence-corrected chi connectivity index (χ0v) is 24.1. The van der Waals surface area contributed by atoms with Gasteiger partial charge in [-0.1, -0.05) is 56.2 Å². The van der Waals surface area contributed by atoms with Gasteiger partial charge in [-0.2, -0.15) is 16.4 Å². The number of aromatic nitrogens is 4. The first-order valence-corrected chi connectivity index (χ1v) is 13.8. The third-order valence-electron chi connectivity index (χ3n) is 6.28. The molecule has 0 aliphatic heterocycles. The Hall–Kier alpha value is -3.74. The number of thiophene rings is 1. The number of hydrogen-bond acceptors (Lipinski definition) is 4. The number of rotatable bonds is 12. The van der Waals surface area contributed by atoms with Gasteiger partial charge in [0.2, 0.25) is 0 Å². The van der Waals surface area contributed by atoms with Crippen molar-refractivity contribution in [2.45, 2.75) is 33.6 Å². The zero-order chi connectivity index (χ0) is 27.7. The number of allylic oxidation sites excluding steroid dienone is 8. The molecule has 3 aromatic heterocycles. The molecule has 0 radical (unpaired) electrons. The van der Waals surface area contributed by atoms with Crippen LogP contribution in [0.4, 0.5) is 0 Å². The van der Waals surface area contributed by atoms with Crippen LogP contribution in [0.15, 0.2) is 83.7 Å². The Bertz CT molecular complexity index is 1490. The van der Waals surface area contributed by atoms with Crippen LogP contribution in [-0.4, -0.2) is 45.7 Å². The molecule has 0 saturated heterocycles. The molecule has 0 aromatic carbocycles. The van der Waals surface area contributed by atoms with E-state index in [0.717, 1.165) is 69.3 Å². The normalized spacial score (nSPS) is 14.0. The van der Waals surface area contributed by atoms with Crippen LogP contribution in [0.3, 0.4) is 0 Å². The third-order valence-corrected chi connectivity index (χ3v) is 6.96. The van der Waals surface area contributed by atoms with Crippen LogP contribution in [0.25, 0.3) is 29.2 Å². The Morgan fingerprint density at radius 1 is 1.21 bits per heavy atom. The molecule has 0 amide bonds. The lowest BCUT2D eigenvalue weighted by Crippen LogP contribution is -2.24. The molecule has 0 saturated carbocycles. The minimum absolute atomic E-state index is 0.708. The van der Waals surface area contributed by atoms with Crippen molar-refractivity contribution in [1.29, 1.82) is 0 Å². The minimum Gasteiger partial charge on any atom is -0.340 e. The van der Waals surface area contributed by atoms with Crippen LogP contribution >= 0.6 is 11.3 Å². The average molecular weight is 526 g/mol. The van der Waals surface area contributed by atoms with Gasteiger partial charge in [0.25, 0.3) is 0 Å². The number of H-pyrrole nitrogens is 2. The molecule has 5 nitrogen and oxygen atoms in total. The van der Waals surface area contributed by atoms with E-state index < -0.39 is 0 Å². The second-order valence-electron chi connectivity index (χ2n) is 9.32. The summed E-state index contributed by atoms with van der Waals surface area (Å²) in [5, 5.41) is 13.9. The molecular weight excluding hydrogens is 486 g/mol. The molecule has 2 N–H and O–H groups in total. The van der Waals surface area contributed by atoms with Crippen LogP contribution in [-0.2, 0) is 0 Å². The number of aryl methyl sites for hydroxylation is 1. The summed E-state index contributed by atoms with van der Waals surface area (Å²) in [6.07, 6.45) is 16.1. The van der Waals surface area contributed by atoms with E-state index in [4.69, 9.17) is 4.98 Å².